The fraction of sp³-hybridized carbons (Fsp3) is 0.944. The Morgan fingerprint density at radius 3 is 2.64 bits per heavy atom. The van der Waals surface area contributed by atoms with E-state index in [9.17, 15) is 4.79 Å². The Labute approximate surface area is 134 Å². The summed E-state index contributed by atoms with van der Waals surface area (Å²) in [6.07, 6.45) is 14.1. The second-order valence-corrected chi connectivity index (χ2v) is 7.38. The predicted molar refractivity (Wildman–Crippen MR) is 87.7 cm³/mol. The van der Waals surface area contributed by atoms with Gasteiger partial charge in [-0.05, 0) is 44.4 Å². The Morgan fingerprint density at radius 2 is 1.82 bits per heavy atom. The minimum atomic E-state index is 0.0485. The van der Waals surface area contributed by atoms with Crippen LogP contribution < -0.4 is 10.6 Å². The lowest BCUT2D eigenvalue weighted by Crippen LogP contribution is -2.43. The van der Waals surface area contributed by atoms with Crippen molar-refractivity contribution in [3.05, 3.63) is 0 Å². The molecule has 1 amide bonds. The van der Waals surface area contributed by atoms with Crippen molar-refractivity contribution in [2.45, 2.75) is 88.8 Å². The first-order valence-electron chi connectivity index (χ1n) is 9.48. The van der Waals surface area contributed by atoms with Crippen LogP contribution in [0.5, 0.6) is 0 Å². The highest BCUT2D eigenvalue weighted by atomic mass is 16.5. The first-order valence-corrected chi connectivity index (χ1v) is 9.48. The molecule has 3 aliphatic rings. The molecule has 4 nitrogen and oxygen atoms in total. The van der Waals surface area contributed by atoms with Crippen LogP contribution >= 0.6 is 0 Å². The molecule has 0 aromatic rings. The summed E-state index contributed by atoms with van der Waals surface area (Å²) in [7, 11) is 0. The highest BCUT2D eigenvalue weighted by molar-refractivity contribution is 5.82. The molecule has 3 fully saturated rings. The van der Waals surface area contributed by atoms with Crippen LogP contribution in [0.3, 0.4) is 0 Å². The summed E-state index contributed by atoms with van der Waals surface area (Å²) < 4.78 is 5.90. The smallest absolute Gasteiger partial charge is 0.237 e. The number of fused-ring (bicyclic) bond motifs is 1. The number of carbonyl (C=O) groups is 1. The van der Waals surface area contributed by atoms with E-state index in [0.717, 1.165) is 31.9 Å². The first-order chi connectivity index (χ1) is 10.8. The molecule has 3 atom stereocenters. The molecular weight excluding hydrogens is 276 g/mol. The number of ether oxygens (including phenoxy) is 1. The van der Waals surface area contributed by atoms with Crippen molar-refractivity contribution in [1.29, 1.82) is 0 Å². The van der Waals surface area contributed by atoms with Crippen LogP contribution in [0.4, 0.5) is 0 Å². The lowest BCUT2D eigenvalue weighted by Gasteiger charge is -2.24. The second kappa shape index (κ2) is 8.30. The Morgan fingerprint density at radius 1 is 1.05 bits per heavy atom. The fourth-order valence-corrected chi connectivity index (χ4v) is 4.41. The first kappa shape index (κ1) is 16.3. The van der Waals surface area contributed by atoms with Crippen LogP contribution in [0.1, 0.15) is 70.6 Å². The normalized spacial score (nSPS) is 32.6. The molecule has 3 unspecified atom stereocenters. The molecule has 0 bridgehead atoms. The highest BCUT2D eigenvalue weighted by Gasteiger charge is 2.37. The van der Waals surface area contributed by atoms with E-state index in [1.54, 1.807) is 0 Å². The Hall–Kier alpha value is -0.610. The highest BCUT2D eigenvalue weighted by Crippen LogP contribution is 2.33. The van der Waals surface area contributed by atoms with Crippen LogP contribution in [0.25, 0.3) is 0 Å². The number of amides is 1. The zero-order valence-electron chi connectivity index (χ0n) is 13.8. The van der Waals surface area contributed by atoms with Crippen LogP contribution in [-0.4, -0.2) is 37.2 Å². The summed E-state index contributed by atoms with van der Waals surface area (Å²) in [5, 5.41) is 6.63. The van der Waals surface area contributed by atoms with E-state index in [4.69, 9.17) is 4.74 Å². The molecule has 2 aliphatic carbocycles. The third-order valence-electron chi connectivity index (χ3n) is 5.71. The van der Waals surface area contributed by atoms with Crippen molar-refractivity contribution in [3.8, 4) is 0 Å². The van der Waals surface area contributed by atoms with E-state index in [-0.39, 0.29) is 11.9 Å². The maximum absolute atomic E-state index is 12.2. The van der Waals surface area contributed by atoms with E-state index in [1.165, 1.54) is 57.8 Å². The van der Waals surface area contributed by atoms with Gasteiger partial charge in [0.25, 0.3) is 0 Å². The minimum absolute atomic E-state index is 0.0485. The maximum Gasteiger partial charge on any atom is 0.237 e. The lowest BCUT2D eigenvalue weighted by atomic mass is 9.85. The zero-order chi connectivity index (χ0) is 15.2. The largest absolute Gasteiger partial charge is 0.378 e. The Bertz CT molecular complexity index is 341. The van der Waals surface area contributed by atoms with Gasteiger partial charge in [0.05, 0.1) is 12.1 Å². The van der Waals surface area contributed by atoms with Gasteiger partial charge >= 0.3 is 0 Å². The van der Waals surface area contributed by atoms with Gasteiger partial charge in [0.2, 0.25) is 5.91 Å². The average Bonchev–Trinajstić information content (AvgIpc) is 2.99. The van der Waals surface area contributed by atoms with Gasteiger partial charge in [-0.15, -0.1) is 0 Å². The SMILES string of the molecule is O=C(NCCCOC1CCCCC1)C1CC2CCCCC2N1. The Kier molecular flexibility index (Phi) is 6.13. The van der Waals surface area contributed by atoms with Crippen molar-refractivity contribution >= 4 is 5.91 Å². The lowest BCUT2D eigenvalue weighted by molar-refractivity contribution is -0.122. The molecule has 0 radical (unpaired) electrons. The average molecular weight is 308 g/mol. The molecule has 0 spiro atoms. The summed E-state index contributed by atoms with van der Waals surface area (Å²) in [5.74, 6) is 0.936. The van der Waals surface area contributed by atoms with E-state index in [0.29, 0.717) is 12.1 Å². The molecule has 0 aromatic carbocycles. The molecule has 1 heterocycles. The summed E-state index contributed by atoms with van der Waals surface area (Å²) in [6.45, 7) is 1.54. The van der Waals surface area contributed by atoms with Crippen molar-refractivity contribution in [2.24, 2.45) is 5.92 Å². The molecule has 3 rings (SSSR count). The fourth-order valence-electron chi connectivity index (χ4n) is 4.41. The van der Waals surface area contributed by atoms with Gasteiger partial charge in [0.1, 0.15) is 0 Å². The van der Waals surface area contributed by atoms with Gasteiger partial charge < -0.3 is 15.4 Å². The molecular formula is C18H32N2O2. The van der Waals surface area contributed by atoms with Gasteiger partial charge in [-0.1, -0.05) is 32.1 Å². The molecule has 0 aromatic heterocycles. The van der Waals surface area contributed by atoms with E-state index in [2.05, 4.69) is 10.6 Å². The zero-order valence-corrected chi connectivity index (χ0v) is 13.8. The van der Waals surface area contributed by atoms with E-state index >= 15 is 0 Å². The summed E-state index contributed by atoms with van der Waals surface area (Å²) >= 11 is 0. The summed E-state index contributed by atoms with van der Waals surface area (Å²) in [6, 6.07) is 0.645. The molecule has 2 saturated carbocycles. The molecule has 4 heteroatoms. The van der Waals surface area contributed by atoms with Crippen molar-refractivity contribution in [3.63, 3.8) is 0 Å². The predicted octanol–water partition coefficient (Wildman–Crippen LogP) is 2.76. The van der Waals surface area contributed by atoms with Crippen LogP contribution in [-0.2, 0) is 9.53 Å². The van der Waals surface area contributed by atoms with Crippen LogP contribution in [0.15, 0.2) is 0 Å². The number of hydrogen-bond acceptors (Lipinski definition) is 3. The van der Waals surface area contributed by atoms with Gasteiger partial charge in [-0.3, -0.25) is 4.79 Å². The second-order valence-electron chi connectivity index (χ2n) is 7.38. The molecule has 2 N–H and O–H groups in total. The number of hydrogen-bond donors (Lipinski definition) is 2. The van der Waals surface area contributed by atoms with Crippen LogP contribution in [0.2, 0.25) is 0 Å². The molecule has 1 aliphatic heterocycles. The third kappa shape index (κ3) is 4.45. The van der Waals surface area contributed by atoms with Gasteiger partial charge in [0.15, 0.2) is 0 Å². The summed E-state index contributed by atoms with van der Waals surface area (Å²) in [5.41, 5.74) is 0. The number of rotatable bonds is 6. The monoisotopic (exact) mass is 308 g/mol. The van der Waals surface area contributed by atoms with E-state index in [1.807, 2.05) is 0 Å². The third-order valence-corrected chi connectivity index (χ3v) is 5.71. The molecule has 22 heavy (non-hydrogen) atoms. The van der Waals surface area contributed by atoms with Crippen molar-refractivity contribution in [2.75, 3.05) is 13.2 Å². The molecule has 1 saturated heterocycles. The topological polar surface area (TPSA) is 50.4 Å². The standard InChI is InChI=1S/C18H32N2O2/c21-18(17-13-14-7-4-5-10-16(14)20-17)19-11-6-12-22-15-8-2-1-3-9-15/h14-17,20H,1-13H2,(H,19,21). The van der Waals surface area contributed by atoms with Gasteiger partial charge in [-0.25, -0.2) is 0 Å². The number of nitrogens with one attached hydrogen (secondary N) is 2. The molecule has 126 valence electrons. The minimum Gasteiger partial charge on any atom is -0.378 e. The van der Waals surface area contributed by atoms with Gasteiger partial charge in [0, 0.05) is 19.2 Å². The quantitative estimate of drug-likeness (QED) is 0.742. The van der Waals surface area contributed by atoms with Crippen molar-refractivity contribution in [1.82, 2.24) is 10.6 Å². The maximum atomic E-state index is 12.2. The van der Waals surface area contributed by atoms with E-state index < -0.39 is 0 Å². The van der Waals surface area contributed by atoms with Crippen LogP contribution in [0, 0.1) is 5.92 Å². The number of carbonyl (C=O) groups excluding carboxylic acids is 1. The Balaban J connectivity index is 1.26. The summed E-state index contributed by atoms with van der Waals surface area (Å²) in [4.78, 5) is 12.2. The van der Waals surface area contributed by atoms with Crippen molar-refractivity contribution < 1.29 is 9.53 Å². The van der Waals surface area contributed by atoms with Gasteiger partial charge in [-0.2, -0.15) is 0 Å².